The highest BCUT2D eigenvalue weighted by molar-refractivity contribution is 5.33. The third-order valence-electron chi connectivity index (χ3n) is 2.32. The van der Waals surface area contributed by atoms with Crippen LogP contribution in [0.25, 0.3) is 0 Å². The molecule has 0 fully saturated rings. The zero-order valence-electron chi connectivity index (χ0n) is 10.2. The number of para-hydroxylation sites is 1. The summed E-state index contributed by atoms with van der Waals surface area (Å²) in [6.07, 6.45) is -2.12. The van der Waals surface area contributed by atoms with Gasteiger partial charge in [0.2, 0.25) is 0 Å². The number of hydrogen-bond donors (Lipinski definition) is 1. The number of halogens is 4. The van der Waals surface area contributed by atoms with Gasteiger partial charge in [-0.25, -0.2) is 8.78 Å². The first-order valence-corrected chi connectivity index (χ1v) is 5.65. The molecule has 0 atom stereocenters. The highest BCUT2D eigenvalue weighted by atomic mass is 19.3. The first kappa shape index (κ1) is 15.5. The number of ether oxygens (including phenoxy) is 1. The van der Waals surface area contributed by atoms with Gasteiger partial charge in [-0.1, -0.05) is 30.9 Å². The summed E-state index contributed by atoms with van der Waals surface area (Å²) in [5.41, 5.74) is 0.620. The molecule has 19 heavy (non-hydrogen) atoms. The van der Waals surface area contributed by atoms with Gasteiger partial charge in [0, 0.05) is 12.1 Å². The maximum absolute atomic E-state index is 12.7. The summed E-state index contributed by atoms with van der Waals surface area (Å²) in [6, 6.07) is 6.79. The molecule has 0 aliphatic heterocycles. The van der Waals surface area contributed by atoms with Crippen LogP contribution in [0.15, 0.2) is 36.9 Å². The van der Waals surface area contributed by atoms with Crippen LogP contribution in [0, 0.1) is 0 Å². The molecule has 1 rings (SSSR count). The first-order chi connectivity index (χ1) is 8.97. The minimum atomic E-state index is -4.03. The van der Waals surface area contributed by atoms with Crippen LogP contribution < -0.4 is 10.1 Å². The van der Waals surface area contributed by atoms with Gasteiger partial charge in [0.05, 0.1) is 6.54 Å². The predicted molar refractivity (Wildman–Crippen MR) is 64.8 cm³/mol. The molecule has 0 aromatic heterocycles. The van der Waals surface area contributed by atoms with Crippen molar-refractivity contribution in [1.82, 2.24) is 5.32 Å². The van der Waals surface area contributed by atoms with Crippen molar-refractivity contribution in [3.05, 3.63) is 42.5 Å². The second-order valence-electron chi connectivity index (χ2n) is 3.87. The van der Waals surface area contributed by atoms with Crippen LogP contribution in [-0.2, 0) is 6.54 Å². The minimum absolute atomic E-state index is 0.0234. The molecule has 0 bridgehead atoms. The number of alkyl halides is 4. The van der Waals surface area contributed by atoms with E-state index < -0.39 is 18.9 Å². The lowest BCUT2D eigenvalue weighted by Gasteiger charge is -2.16. The van der Waals surface area contributed by atoms with Gasteiger partial charge in [0.1, 0.15) is 12.4 Å². The molecule has 2 nitrogen and oxygen atoms in total. The smallest absolute Gasteiger partial charge is 0.319 e. The van der Waals surface area contributed by atoms with Crippen LogP contribution in [0.4, 0.5) is 17.6 Å². The Bertz CT molecular complexity index is 409. The Kier molecular flexibility index (Phi) is 5.82. The number of hydrogen-bond acceptors (Lipinski definition) is 2. The van der Waals surface area contributed by atoms with Crippen molar-refractivity contribution >= 4 is 0 Å². The average Bonchev–Trinajstić information content (AvgIpc) is 2.37. The number of rotatable bonds is 8. The SMILES string of the molecule is C=CCOc1ccccc1CNCC(F)(F)C(F)F. The van der Waals surface area contributed by atoms with Crippen molar-refractivity contribution in [2.24, 2.45) is 0 Å². The van der Waals surface area contributed by atoms with Gasteiger partial charge in [0.15, 0.2) is 0 Å². The van der Waals surface area contributed by atoms with Gasteiger partial charge >= 0.3 is 12.3 Å². The van der Waals surface area contributed by atoms with E-state index in [1.807, 2.05) is 0 Å². The average molecular weight is 277 g/mol. The van der Waals surface area contributed by atoms with Crippen LogP contribution >= 0.6 is 0 Å². The molecule has 0 unspecified atom stereocenters. The van der Waals surface area contributed by atoms with Crippen molar-refractivity contribution in [2.45, 2.75) is 18.9 Å². The van der Waals surface area contributed by atoms with Crippen molar-refractivity contribution < 1.29 is 22.3 Å². The monoisotopic (exact) mass is 277 g/mol. The Morgan fingerprint density at radius 1 is 1.32 bits per heavy atom. The van der Waals surface area contributed by atoms with Crippen LogP contribution in [0.2, 0.25) is 0 Å². The van der Waals surface area contributed by atoms with Crippen molar-refractivity contribution in [3.63, 3.8) is 0 Å². The predicted octanol–water partition coefficient (Wildman–Crippen LogP) is 3.24. The molecular formula is C13H15F4NO. The zero-order valence-corrected chi connectivity index (χ0v) is 10.2. The third-order valence-corrected chi connectivity index (χ3v) is 2.32. The maximum atomic E-state index is 12.7. The van der Waals surface area contributed by atoms with E-state index in [-0.39, 0.29) is 13.2 Å². The largest absolute Gasteiger partial charge is 0.489 e. The first-order valence-electron chi connectivity index (χ1n) is 5.65. The van der Waals surface area contributed by atoms with Crippen LogP contribution in [-0.4, -0.2) is 25.5 Å². The zero-order chi connectivity index (χ0) is 14.3. The minimum Gasteiger partial charge on any atom is -0.489 e. The highest BCUT2D eigenvalue weighted by Crippen LogP contribution is 2.22. The number of benzene rings is 1. The molecule has 0 amide bonds. The van der Waals surface area contributed by atoms with Gasteiger partial charge in [-0.3, -0.25) is 0 Å². The van der Waals surface area contributed by atoms with E-state index in [0.717, 1.165) is 0 Å². The van der Waals surface area contributed by atoms with Gasteiger partial charge in [-0.15, -0.1) is 0 Å². The second-order valence-corrected chi connectivity index (χ2v) is 3.87. The molecule has 1 N–H and O–H groups in total. The van der Waals surface area contributed by atoms with E-state index in [9.17, 15) is 17.6 Å². The summed E-state index contributed by atoms with van der Waals surface area (Å²) >= 11 is 0. The summed E-state index contributed by atoms with van der Waals surface area (Å²) in [5.74, 6) is -3.52. The van der Waals surface area contributed by atoms with E-state index in [1.54, 1.807) is 30.3 Å². The Labute approximate surface area is 109 Å². The molecule has 0 radical (unpaired) electrons. The molecule has 6 heteroatoms. The Balaban J connectivity index is 2.55. The molecule has 1 aromatic carbocycles. The second kappa shape index (κ2) is 7.13. The molecule has 0 saturated carbocycles. The normalized spacial score (nSPS) is 11.6. The summed E-state index contributed by atoms with van der Waals surface area (Å²) in [5, 5.41) is 2.30. The Morgan fingerprint density at radius 3 is 2.63 bits per heavy atom. The van der Waals surface area contributed by atoms with Gasteiger partial charge in [-0.05, 0) is 6.07 Å². The summed E-state index contributed by atoms with van der Waals surface area (Å²) < 4.78 is 54.6. The molecule has 106 valence electrons. The standard InChI is InChI=1S/C13H15F4NO/c1-2-7-19-11-6-4-3-5-10(11)8-18-9-13(16,17)12(14)15/h2-6,12,18H,1,7-9H2. The van der Waals surface area contributed by atoms with Crippen molar-refractivity contribution in [2.75, 3.05) is 13.2 Å². The van der Waals surface area contributed by atoms with Crippen molar-refractivity contribution in [1.29, 1.82) is 0 Å². The molecule has 0 spiro atoms. The summed E-state index contributed by atoms with van der Waals surface area (Å²) in [6.45, 7) is 2.72. The Morgan fingerprint density at radius 2 is 2.00 bits per heavy atom. The molecule has 1 aromatic rings. The van der Waals surface area contributed by atoms with Gasteiger partial charge in [-0.2, -0.15) is 8.78 Å². The van der Waals surface area contributed by atoms with E-state index in [1.165, 1.54) is 0 Å². The topological polar surface area (TPSA) is 21.3 Å². The van der Waals surface area contributed by atoms with Crippen LogP contribution in [0.3, 0.4) is 0 Å². The van der Waals surface area contributed by atoms with E-state index in [0.29, 0.717) is 11.3 Å². The summed E-state index contributed by atoms with van der Waals surface area (Å²) in [4.78, 5) is 0. The molecule has 0 aliphatic carbocycles. The fourth-order valence-electron chi connectivity index (χ4n) is 1.38. The Hall–Kier alpha value is -1.56. The highest BCUT2D eigenvalue weighted by Gasteiger charge is 2.39. The van der Waals surface area contributed by atoms with Crippen molar-refractivity contribution in [3.8, 4) is 5.75 Å². The molecular weight excluding hydrogens is 262 g/mol. The molecule has 0 saturated heterocycles. The molecule has 0 heterocycles. The van der Waals surface area contributed by atoms with Crippen LogP contribution in [0.1, 0.15) is 5.56 Å². The lowest BCUT2D eigenvalue weighted by molar-refractivity contribution is -0.125. The van der Waals surface area contributed by atoms with Gasteiger partial charge in [0.25, 0.3) is 0 Å². The fourth-order valence-corrected chi connectivity index (χ4v) is 1.38. The van der Waals surface area contributed by atoms with E-state index in [2.05, 4.69) is 11.9 Å². The maximum Gasteiger partial charge on any atom is 0.319 e. The van der Waals surface area contributed by atoms with E-state index in [4.69, 9.17) is 4.74 Å². The molecule has 0 aliphatic rings. The van der Waals surface area contributed by atoms with Gasteiger partial charge < -0.3 is 10.1 Å². The quantitative estimate of drug-likeness (QED) is 0.582. The fraction of sp³-hybridized carbons (Fsp3) is 0.385. The third kappa shape index (κ3) is 4.90. The van der Waals surface area contributed by atoms with Crippen LogP contribution in [0.5, 0.6) is 5.75 Å². The summed E-state index contributed by atoms with van der Waals surface area (Å²) in [7, 11) is 0. The lowest BCUT2D eigenvalue weighted by atomic mass is 10.2. The number of nitrogens with one attached hydrogen (secondary N) is 1. The lowest BCUT2D eigenvalue weighted by Crippen LogP contribution is -2.38. The van der Waals surface area contributed by atoms with E-state index >= 15 is 0 Å².